The maximum absolute atomic E-state index is 13.4. The summed E-state index contributed by atoms with van der Waals surface area (Å²) in [6.45, 7) is 5.57. The van der Waals surface area contributed by atoms with E-state index >= 15 is 0 Å². The fraction of sp³-hybridized carbons (Fsp3) is 0.391. The molecule has 3 nitrogen and oxygen atoms in total. The molecule has 0 radical (unpaired) electrons. The van der Waals surface area contributed by atoms with E-state index in [2.05, 4.69) is 45.2 Å². The van der Waals surface area contributed by atoms with Crippen LogP contribution in [0.2, 0.25) is 0 Å². The summed E-state index contributed by atoms with van der Waals surface area (Å²) in [6.07, 6.45) is 5.61. The van der Waals surface area contributed by atoms with Crippen LogP contribution in [-0.2, 0) is 13.0 Å². The summed E-state index contributed by atoms with van der Waals surface area (Å²) >= 11 is 0. The third-order valence-electron chi connectivity index (χ3n) is 6.31. The van der Waals surface area contributed by atoms with Gasteiger partial charge in [-0.25, -0.2) is 4.39 Å². The first-order chi connectivity index (χ1) is 13.3. The number of hydrogen-bond donors (Lipinski definition) is 1. The monoisotopic (exact) mass is 363 g/mol. The second kappa shape index (κ2) is 7.10. The van der Waals surface area contributed by atoms with Crippen molar-refractivity contribution in [2.45, 2.75) is 31.7 Å². The van der Waals surface area contributed by atoms with Gasteiger partial charge in [0.05, 0.1) is 6.67 Å². The number of benzene rings is 2. The van der Waals surface area contributed by atoms with Crippen LogP contribution in [0.15, 0.2) is 48.7 Å². The first-order valence-corrected chi connectivity index (χ1v) is 10.0. The molecule has 1 saturated heterocycles. The molecule has 1 N–H and O–H groups in total. The highest BCUT2D eigenvalue weighted by atomic mass is 19.1. The Labute approximate surface area is 159 Å². The zero-order chi connectivity index (χ0) is 18.2. The molecule has 5 rings (SSSR count). The van der Waals surface area contributed by atoms with Crippen molar-refractivity contribution in [1.82, 2.24) is 14.8 Å². The van der Waals surface area contributed by atoms with Gasteiger partial charge in [0.2, 0.25) is 0 Å². The summed E-state index contributed by atoms with van der Waals surface area (Å²) in [5.74, 6) is 0.399. The summed E-state index contributed by atoms with van der Waals surface area (Å²) in [7, 11) is 0. The van der Waals surface area contributed by atoms with Gasteiger partial charge in [0, 0.05) is 30.2 Å². The lowest BCUT2D eigenvalue weighted by Gasteiger charge is -2.37. The molecule has 27 heavy (non-hydrogen) atoms. The normalized spacial score (nSPS) is 19.4. The Morgan fingerprint density at radius 1 is 0.963 bits per heavy atom. The number of rotatable bonds is 3. The lowest BCUT2D eigenvalue weighted by molar-refractivity contribution is 0.0979. The van der Waals surface area contributed by atoms with Crippen molar-refractivity contribution in [2.75, 3.05) is 26.3 Å². The predicted molar refractivity (Wildman–Crippen MR) is 107 cm³/mol. The standard InChI is InChI=1S/C23H26FN3/c24-20-5-6-21-22(14-25-23(21)13-20)18-8-10-26(11-9-18)16-27-12-7-17-3-1-2-4-19(17)15-27/h1-6,13-14,18,25H,7-12,15-16H2. The fourth-order valence-corrected chi connectivity index (χ4v) is 4.80. The Morgan fingerprint density at radius 2 is 1.78 bits per heavy atom. The van der Waals surface area contributed by atoms with Crippen molar-refractivity contribution in [2.24, 2.45) is 0 Å². The van der Waals surface area contributed by atoms with Gasteiger partial charge >= 0.3 is 0 Å². The van der Waals surface area contributed by atoms with Crippen LogP contribution >= 0.6 is 0 Å². The van der Waals surface area contributed by atoms with Gasteiger partial charge in [-0.15, -0.1) is 0 Å². The fourth-order valence-electron chi connectivity index (χ4n) is 4.80. The predicted octanol–water partition coefficient (Wildman–Crippen LogP) is 4.50. The van der Waals surface area contributed by atoms with Crippen LogP contribution in [0.3, 0.4) is 0 Å². The van der Waals surface area contributed by atoms with Gasteiger partial charge in [-0.3, -0.25) is 9.80 Å². The molecule has 2 aliphatic heterocycles. The first kappa shape index (κ1) is 17.0. The molecule has 0 atom stereocenters. The van der Waals surface area contributed by atoms with Gasteiger partial charge in [0.15, 0.2) is 0 Å². The molecule has 0 bridgehead atoms. The molecule has 0 amide bonds. The second-order valence-electron chi connectivity index (χ2n) is 8.04. The second-order valence-corrected chi connectivity index (χ2v) is 8.04. The lowest BCUT2D eigenvalue weighted by Crippen LogP contribution is -2.43. The third kappa shape index (κ3) is 3.40. The average Bonchev–Trinajstić information content (AvgIpc) is 3.11. The number of halogens is 1. The minimum atomic E-state index is -0.172. The van der Waals surface area contributed by atoms with Gasteiger partial charge in [-0.2, -0.15) is 0 Å². The van der Waals surface area contributed by atoms with Crippen molar-refractivity contribution in [3.63, 3.8) is 0 Å². The molecule has 2 aromatic carbocycles. The van der Waals surface area contributed by atoms with Crippen molar-refractivity contribution in [3.8, 4) is 0 Å². The zero-order valence-corrected chi connectivity index (χ0v) is 15.6. The zero-order valence-electron chi connectivity index (χ0n) is 15.6. The topological polar surface area (TPSA) is 22.3 Å². The van der Waals surface area contributed by atoms with E-state index in [0.29, 0.717) is 5.92 Å². The Bertz CT molecular complexity index is 940. The van der Waals surface area contributed by atoms with Gasteiger partial charge in [0.25, 0.3) is 0 Å². The van der Waals surface area contributed by atoms with Crippen LogP contribution in [0.25, 0.3) is 10.9 Å². The molecule has 1 fully saturated rings. The van der Waals surface area contributed by atoms with Crippen LogP contribution in [0.5, 0.6) is 0 Å². The average molecular weight is 363 g/mol. The molecule has 3 heterocycles. The maximum Gasteiger partial charge on any atom is 0.125 e. The number of piperidine rings is 1. The molecule has 1 aromatic heterocycles. The Hall–Kier alpha value is -2.17. The lowest BCUT2D eigenvalue weighted by atomic mass is 9.89. The van der Waals surface area contributed by atoms with Crippen LogP contribution in [0.1, 0.15) is 35.4 Å². The smallest absolute Gasteiger partial charge is 0.125 e. The summed E-state index contributed by atoms with van der Waals surface area (Å²) in [5, 5.41) is 1.18. The molecule has 3 aromatic rings. The first-order valence-electron chi connectivity index (χ1n) is 10.0. The molecule has 0 saturated carbocycles. The maximum atomic E-state index is 13.4. The molecular formula is C23H26FN3. The van der Waals surface area contributed by atoms with Gasteiger partial charge in [0.1, 0.15) is 5.82 Å². The quantitative estimate of drug-likeness (QED) is 0.740. The minimum absolute atomic E-state index is 0.172. The number of likely N-dealkylation sites (tertiary alicyclic amines) is 1. The van der Waals surface area contributed by atoms with E-state index in [9.17, 15) is 4.39 Å². The molecule has 140 valence electrons. The van der Waals surface area contributed by atoms with Crippen molar-refractivity contribution in [1.29, 1.82) is 0 Å². The van der Waals surface area contributed by atoms with E-state index < -0.39 is 0 Å². The molecule has 0 spiro atoms. The van der Waals surface area contributed by atoms with E-state index in [1.807, 2.05) is 6.07 Å². The van der Waals surface area contributed by atoms with E-state index in [1.165, 1.54) is 41.3 Å². The van der Waals surface area contributed by atoms with Crippen LogP contribution in [0, 0.1) is 5.82 Å². The highest BCUT2D eigenvalue weighted by Crippen LogP contribution is 2.33. The largest absolute Gasteiger partial charge is 0.361 e. The SMILES string of the molecule is Fc1ccc2c(C3CCN(CN4CCc5ccccc5C4)CC3)c[nH]c2c1. The van der Waals surface area contributed by atoms with Crippen LogP contribution in [0.4, 0.5) is 4.39 Å². The number of aromatic amines is 1. The number of nitrogens with one attached hydrogen (secondary N) is 1. The minimum Gasteiger partial charge on any atom is -0.361 e. The Morgan fingerprint density at radius 3 is 2.63 bits per heavy atom. The van der Waals surface area contributed by atoms with Crippen LogP contribution < -0.4 is 0 Å². The summed E-state index contributed by atoms with van der Waals surface area (Å²) in [5.41, 5.74) is 5.28. The Kier molecular flexibility index (Phi) is 4.46. The van der Waals surface area contributed by atoms with Gasteiger partial charge in [-0.05, 0) is 73.2 Å². The molecule has 0 unspecified atom stereocenters. The van der Waals surface area contributed by atoms with E-state index in [-0.39, 0.29) is 5.82 Å². The summed E-state index contributed by atoms with van der Waals surface area (Å²) < 4.78 is 13.4. The van der Waals surface area contributed by atoms with Gasteiger partial charge < -0.3 is 4.98 Å². The number of aromatic nitrogens is 1. The molecule has 0 aliphatic carbocycles. The van der Waals surface area contributed by atoms with E-state index in [0.717, 1.165) is 38.4 Å². The van der Waals surface area contributed by atoms with Crippen molar-refractivity contribution in [3.05, 3.63) is 71.2 Å². The van der Waals surface area contributed by atoms with Crippen molar-refractivity contribution >= 4 is 10.9 Å². The van der Waals surface area contributed by atoms with E-state index in [1.54, 1.807) is 12.1 Å². The summed E-state index contributed by atoms with van der Waals surface area (Å²) in [4.78, 5) is 8.43. The number of H-pyrrole nitrogens is 1. The molecule has 2 aliphatic rings. The third-order valence-corrected chi connectivity index (χ3v) is 6.31. The molecular weight excluding hydrogens is 337 g/mol. The van der Waals surface area contributed by atoms with Crippen molar-refractivity contribution < 1.29 is 4.39 Å². The van der Waals surface area contributed by atoms with Gasteiger partial charge in [-0.1, -0.05) is 24.3 Å². The highest BCUT2D eigenvalue weighted by Gasteiger charge is 2.25. The Balaban J connectivity index is 1.21. The van der Waals surface area contributed by atoms with Crippen LogP contribution in [-0.4, -0.2) is 41.1 Å². The van der Waals surface area contributed by atoms with E-state index in [4.69, 9.17) is 0 Å². The highest BCUT2D eigenvalue weighted by molar-refractivity contribution is 5.83. The number of nitrogens with zero attached hydrogens (tertiary/aromatic N) is 2. The summed E-state index contributed by atoms with van der Waals surface area (Å²) in [6, 6.07) is 13.9. The number of fused-ring (bicyclic) bond motifs is 2. The molecule has 4 heteroatoms. The number of hydrogen-bond acceptors (Lipinski definition) is 2.